The molecule has 0 heterocycles. The fourth-order valence-electron chi connectivity index (χ4n) is 1.85. The van der Waals surface area contributed by atoms with Gasteiger partial charge in [-0.2, -0.15) is 0 Å². The van der Waals surface area contributed by atoms with E-state index >= 15 is 0 Å². The van der Waals surface area contributed by atoms with Gasteiger partial charge in [-0.05, 0) is 17.7 Å². The average Bonchev–Trinajstić information content (AvgIpc) is 2.49. The SMILES string of the molecule is COc1cc(CNCCNCCO)cc(OC)c1OC.Cl.Cl. The minimum Gasteiger partial charge on any atom is -0.493 e. The third-order valence-electron chi connectivity index (χ3n) is 2.82. The van der Waals surface area contributed by atoms with Crippen LogP contribution in [0.4, 0.5) is 0 Å². The van der Waals surface area contributed by atoms with E-state index in [1.807, 2.05) is 12.1 Å². The second kappa shape index (κ2) is 13.7. The van der Waals surface area contributed by atoms with Crippen LogP contribution in [0.1, 0.15) is 5.56 Å². The average molecular weight is 357 g/mol. The summed E-state index contributed by atoms with van der Waals surface area (Å²) in [5, 5.41) is 15.1. The molecule has 22 heavy (non-hydrogen) atoms. The molecule has 0 aromatic heterocycles. The third kappa shape index (κ3) is 7.38. The van der Waals surface area contributed by atoms with E-state index in [0.29, 0.717) is 30.3 Å². The standard InChI is InChI=1S/C14H24N2O4.2ClH/c1-18-12-8-11(9-13(19-2)14(12)20-3)10-16-5-4-15-6-7-17;;/h8-9,15-17H,4-7,10H2,1-3H3;2*1H. The van der Waals surface area contributed by atoms with Gasteiger partial charge < -0.3 is 30.0 Å². The lowest BCUT2D eigenvalue weighted by atomic mass is 10.2. The van der Waals surface area contributed by atoms with Gasteiger partial charge in [-0.1, -0.05) is 0 Å². The third-order valence-corrected chi connectivity index (χ3v) is 2.82. The molecule has 0 aliphatic heterocycles. The van der Waals surface area contributed by atoms with Gasteiger partial charge in [0.2, 0.25) is 5.75 Å². The molecule has 1 aromatic rings. The van der Waals surface area contributed by atoms with Crippen molar-refractivity contribution in [1.29, 1.82) is 0 Å². The lowest BCUT2D eigenvalue weighted by Gasteiger charge is -2.14. The number of rotatable bonds is 10. The highest BCUT2D eigenvalue weighted by molar-refractivity contribution is 5.85. The van der Waals surface area contributed by atoms with Crippen molar-refractivity contribution in [1.82, 2.24) is 10.6 Å². The van der Waals surface area contributed by atoms with Crippen molar-refractivity contribution < 1.29 is 19.3 Å². The summed E-state index contributed by atoms with van der Waals surface area (Å²) in [6.07, 6.45) is 0. The van der Waals surface area contributed by atoms with Gasteiger partial charge in [-0.3, -0.25) is 0 Å². The van der Waals surface area contributed by atoms with Crippen molar-refractivity contribution in [2.24, 2.45) is 0 Å². The number of nitrogens with one attached hydrogen (secondary N) is 2. The van der Waals surface area contributed by atoms with Crippen molar-refractivity contribution in [3.8, 4) is 17.2 Å². The minimum absolute atomic E-state index is 0. The molecule has 0 fully saturated rings. The lowest BCUT2D eigenvalue weighted by molar-refractivity contribution is 0.292. The zero-order valence-electron chi connectivity index (χ0n) is 13.2. The van der Waals surface area contributed by atoms with Crippen LogP contribution in [0.3, 0.4) is 0 Å². The number of benzene rings is 1. The molecule has 0 atom stereocenters. The molecule has 1 aromatic carbocycles. The first-order valence-corrected chi connectivity index (χ1v) is 6.58. The molecular weight excluding hydrogens is 331 g/mol. The predicted molar refractivity (Wildman–Crippen MR) is 92.3 cm³/mol. The Bertz CT molecular complexity index is 383. The fraction of sp³-hybridized carbons (Fsp3) is 0.571. The molecule has 3 N–H and O–H groups in total. The summed E-state index contributed by atoms with van der Waals surface area (Å²) in [5.74, 6) is 1.91. The number of methoxy groups -OCH3 is 3. The summed E-state index contributed by atoms with van der Waals surface area (Å²) >= 11 is 0. The van der Waals surface area contributed by atoms with Gasteiger partial charge in [0.1, 0.15) is 0 Å². The zero-order valence-corrected chi connectivity index (χ0v) is 14.8. The van der Waals surface area contributed by atoms with Crippen LogP contribution in [-0.4, -0.2) is 52.7 Å². The Balaban J connectivity index is 0. The van der Waals surface area contributed by atoms with Gasteiger partial charge in [-0.25, -0.2) is 0 Å². The summed E-state index contributed by atoms with van der Waals surface area (Å²) in [7, 11) is 4.80. The molecule has 0 saturated heterocycles. The van der Waals surface area contributed by atoms with Crippen molar-refractivity contribution in [3.63, 3.8) is 0 Å². The summed E-state index contributed by atoms with van der Waals surface area (Å²) in [4.78, 5) is 0. The highest BCUT2D eigenvalue weighted by Crippen LogP contribution is 2.38. The first kappa shape index (κ1) is 23.3. The van der Waals surface area contributed by atoms with Crippen LogP contribution in [0.25, 0.3) is 0 Å². The number of ether oxygens (including phenoxy) is 3. The number of aliphatic hydroxyl groups is 1. The molecule has 6 nitrogen and oxygen atoms in total. The van der Waals surface area contributed by atoms with Gasteiger partial charge in [0.05, 0.1) is 27.9 Å². The lowest BCUT2D eigenvalue weighted by Crippen LogP contribution is -2.28. The molecule has 0 radical (unpaired) electrons. The summed E-state index contributed by atoms with van der Waals surface area (Å²) in [6.45, 7) is 3.11. The number of halogens is 2. The van der Waals surface area contributed by atoms with E-state index in [2.05, 4.69) is 10.6 Å². The van der Waals surface area contributed by atoms with Crippen LogP contribution in [0.2, 0.25) is 0 Å². The van der Waals surface area contributed by atoms with Crippen LogP contribution < -0.4 is 24.8 Å². The fourth-order valence-corrected chi connectivity index (χ4v) is 1.85. The molecule has 0 amide bonds. The zero-order chi connectivity index (χ0) is 14.8. The maximum absolute atomic E-state index is 8.64. The molecule has 130 valence electrons. The first-order chi connectivity index (χ1) is 9.76. The van der Waals surface area contributed by atoms with E-state index in [-0.39, 0.29) is 31.4 Å². The number of aliphatic hydroxyl groups excluding tert-OH is 1. The maximum Gasteiger partial charge on any atom is 0.203 e. The van der Waals surface area contributed by atoms with Crippen LogP contribution in [0.5, 0.6) is 17.2 Å². The van der Waals surface area contributed by atoms with E-state index in [9.17, 15) is 0 Å². The molecule has 1 rings (SSSR count). The maximum atomic E-state index is 8.64. The van der Waals surface area contributed by atoms with Gasteiger partial charge in [0.15, 0.2) is 11.5 Å². The van der Waals surface area contributed by atoms with Gasteiger partial charge in [0, 0.05) is 26.2 Å². The molecular formula is C14H26Cl2N2O4. The van der Waals surface area contributed by atoms with Crippen LogP contribution in [-0.2, 0) is 6.54 Å². The quantitative estimate of drug-likeness (QED) is 0.547. The Labute approximate surface area is 144 Å². The summed E-state index contributed by atoms with van der Waals surface area (Å²) in [6, 6.07) is 3.85. The molecule has 0 aliphatic carbocycles. The molecule has 0 saturated carbocycles. The van der Waals surface area contributed by atoms with Crippen LogP contribution >= 0.6 is 24.8 Å². The summed E-state index contributed by atoms with van der Waals surface area (Å²) < 4.78 is 15.9. The van der Waals surface area contributed by atoms with Gasteiger partial charge in [-0.15, -0.1) is 24.8 Å². The highest BCUT2D eigenvalue weighted by Gasteiger charge is 2.12. The second-order valence-electron chi connectivity index (χ2n) is 4.18. The number of hydrogen-bond donors (Lipinski definition) is 3. The topological polar surface area (TPSA) is 72.0 Å². The van der Waals surface area contributed by atoms with Crippen molar-refractivity contribution in [3.05, 3.63) is 17.7 Å². The Morgan fingerprint density at radius 2 is 1.41 bits per heavy atom. The molecule has 0 spiro atoms. The van der Waals surface area contributed by atoms with E-state index < -0.39 is 0 Å². The monoisotopic (exact) mass is 356 g/mol. The van der Waals surface area contributed by atoms with Crippen LogP contribution in [0.15, 0.2) is 12.1 Å². The van der Waals surface area contributed by atoms with Crippen LogP contribution in [0, 0.1) is 0 Å². The van der Waals surface area contributed by atoms with E-state index in [0.717, 1.165) is 18.7 Å². The molecule has 0 bridgehead atoms. The Morgan fingerprint density at radius 3 is 1.86 bits per heavy atom. The van der Waals surface area contributed by atoms with Crippen molar-refractivity contribution >= 4 is 24.8 Å². The predicted octanol–water partition coefficient (Wildman–Crippen LogP) is 1.23. The second-order valence-corrected chi connectivity index (χ2v) is 4.18. The number of hydrogen-bond acceptors (Lipinski definition) is 6. The normalized spacial score (nSPS) is 9.45. The molecule has 0 unspecified atom stereocenters. The Morgan fingerprint density at radius 1 is 0.864 bits per heavy atom. The Hall–Kier alpha value is -0.920. The van der Waals surface area contributed by atoms with Gasteiger partial charge in [0.25, 0.3) is 0 Å². The van der Waals surface area contributed by atoms with Crippen molar-refractivity contribution in [2.45, 2.75) is 6.54 Å². The minimum atomic E-state index is 0. The Kier molecular flexibility index (Phi) is 14.6. The summed E-state index contributed by atoms with van der Waals surface area (Å²) in [5.41, 5.74) is 1.06. The van der Waals surface area contributed by atoms with E-state index in [1.165, 1.54) is 0 Å². The molecule has 0 aliphatic rings. The largest absolute Gasteiger partial charge is 0.493 e. The highest BCUT2D eigenvalue weighted by atomic mass is 35.5. The first-order valence-electron chi connectivity index (χ1n) is 6.58. The van der Waals surface area contributed by atoms with Crippen molar-refractivity contribution in [2.75, 3.05) is 47.6 Å². The molecule has 8 heteroatoms. The smallest absolute Gasteiger partial charge is 0.203 e. The van der Waals surface area contributed by atoms with E-state index in [1.54, 1.807) is 21.3 Å². The van der Waals surface area contributed by atoms with Gasteiger partial charge >= 0.3 is 0 Å². The van der Waals surface area contributed by atoms with E-state index in [4.69, 9.17) is 19.3 Å².